The van der Waals surface area contributed by atoms with Crippen molar-refractivity contribution in [3.8, 4) is 11.5 Å². The van der Waals surface area contributed by atoms with Crippen LogP contribution >= 0.6 is 11.6 Å². The Hall–Kier alpha value is -2.73. The van der Waals surface area contributed by atoms with Crippen molar-refractivity contribution in [3.05, 3.63) is 58.6 Å². The van der Waals surface area contributed by atoms with E-state index in [1.807, 2.05) is 25.1 Å². The number of rotatable bonds is 6. The van der Waals surface area contributed by atoms with Crippen LogP contribution in [0.3, 0.4) is 0 Å². The third-order valence-electron chi connectivity index (χ3n) is 4.92. The highest BCUT2D eigenvalue weighted by Gasteiger charge is 2.26. The molecule has 0 saturated carbocycles. The maximum absolute atomic E-state index is 12.9. The van der Waals surface area contributed by atoms with Crippen molar-refractivity contribution in [1.82, 2.24) is 10.2 Å². The molecule has 3 rings (SSSR count). The highest BCUT2D eigenvalue weighted by atomic mass is 35.5. The number of carbonyl (C=O) groups excluding carboxylic acids is 2. The first-order chi connectivity index (χ1) is 14.0. The molecule has 7 heteroatoms. The van der Waals surface area contributed by atoms with Crippen LogP contribution < -0.4 is 14.8 Å². The topological polar surface area (TPSA) is 67.9 Å². The number of benzene rings is 2. The van der Waals surface area contributed by atoms with Crippen LogP contribution in [0, 0.1) is 0 Å². The van der Waals surface area contributed by atoms with Gasteiger partial charge in [0.2, 0.25) is 0 Å². The highest BCUT2D eigenvalue weighted by Crippen LogP contribution is 2.36. The zero-order chi connectivity index (χ0) is 20.8. The van der Waals surface area contributed by atoms with Crippen LogP contribution in [0.25, 0.3) is 0 Å². The summed E-state index contributed by atoms with van der Waals surface area (Å²) in [5, 5.41) is 3.40. The minimum Gasteiger partial charge on any atom is -0.493 e. The van der Waals surface area contributed by atoms with Gasteiger partial charge >= 0.3 is 0 Å². The Morgan fingerprint density at radius 3 is 2.45 bits per heavy atom. The van der Waals surface area contributed by atoms with Gasteiger partial charge in [0.05, 0.1) is 18.7 Å². The summed E-state index contributed by atoms with van der Waals surface area (Å²) in [7, 11) is 1.52. The minimum atomic E-state index is -0.110. The number of methoxy groups -OCH3 is 1. The first kappa shape index (κ1) is 21.0. The molecule has 2 amide bonds. The number of likely N-dealkylation sites (tertiary alicyclic amines) is 1. The maximum Gasteiger partial charge on any atom is 0.254 e. The van der Waals surface area contributed by atoms with Gasteiger partial charge in [0, 0.05) is 30.3 Å². The highest BCUT2D eigenvalue weighted by molar-refractivity contribution is 6.32. The lowest BCUT2D eigenvalue weighted by atomic mass is 10.0. The summed E-state index contributed by atoms with van der Waals surface area (Å²) >= 11 is 6.29. The quantitative estimate of drug-likeness (QED) is 0.778. The Balaban J connectivity index is 1.61. The molecular weight excluding hydrogens is 392 g/mol. The predicted molar refractivity (Wildman–Crippen MR) is 112 cm³/mol. The van der Waals surface area contributed by atoms with Crippen molar-refractivity contribution in [3.63, 3.8) is 0 Å². The van der Waals surface area contributed by atoms with Gasteiger partial charge in [-0.05, 0) is 44.0 Å². The molecule has 0 aliphatic carbocycles. The number of hydrogen-bond acceptors (Lipinski definition) is 4. The van der Waals surface area contributed by atoms with Gasteiger partial charge in [-0.25, -0.2) is 0 Å². The monoisotopic (exact) mass is 416 g/mol. The Bertz CT molecular complexity index is 865. The van der Waals surface area contributed by atoms with Crippen LogP contribution in [-0.2, 0) is 0 Å². The lowest BCUT2D eigenvalue weighted by Gasteiger charge is -2.32. The van der Waals surface area contributed by atoms with E-state index in [0.717, 1.165) is 0 Å². The van der Waals surface area contributed by atoms with E-state index < -0.39 is 0 Å². The summed E-state index contributed by atoms with van der Waals surface area (Å²) in [5.74, 6) is 0.683. The summed E-state index contributed by atoms with van der Waals surface area (Å²) < 4.78 is 10.8. The van der Waals surface area contributed by atoms with Crippen LogP contribution in [0.2, 0.25) is 5.02 Å². The SMILES string of the molecule is CCOc1c(Cl)cc(C(=O)N2CCC(NC(=O)c3ccccc3)CC2)cc1OC. The van der Waals surface area contributed by atoms with E-state index in [9.17, 15) is 9.59 Å². The predicted octanol–water partition coefficient (Wildman–Crippen LogP) is 3.78. The fourth-order valence-electron chi connectivity index (χ4n) is 3.40. The molecule has 0 aromatic heterocycles. The lowest BCUT2D eigenvalue weighted by Crippen LogP contribution is -2.46. The normalized spacial score (nSPS) is 14.4. The molecule has 0 atom stereocenters. The number of halogens is 1. The average molecular weight is 417 g/mol. The molecule has 1 N–H and O–H groups in total. The van der Waals surface area contributed by atoms with Crippen LogP contribution in [-0.4, -0.2) is 49.6 Å². The fourth-order valence-corrected chi connectivity index (χ4v) is 3.66. The summed E-state index contributed by atoms with van der Waals surface area (Å²) in [4.78, 5) is 27.0. The molecular formula is C22H25ClN2O4. The Labute approximate surface area is 175 Å². The Morgan fingerprint density at radius 1 is 1.14 bits per heavy atom. The van der Waals surface area contributed by atoms with E-state index in [-0.39, 0.29) is 17.9 Å². The van der Waals surface area contributed by atoms with Gasteiger partial charge in [-0.1, -0.05) is 29.8 Å². The number of carbonyl (C=O) groups is 2. The summed E-state index contributed by atoms with van der Waals surface area (Å²) in [6, 6.07) is 12.4. The Morgan fingerprint density at radius 2 is 1.83 bits per heavy atom. The molecule has 154 valence electrons. The largest absolute Gasteiger partial charge is 0.493 e. The maximum atomic E-state index is 12.9. The molecule has 1 saturated heterocycles. The number of hydrogen-bond donors (Lipinski definition) is 1. The first-order valence-electron chi connectivity index (χ1n) is 9.69. The van der Waals surface area contributed by atoms with Crippen molar-refractivity contribution in [1.29, 1.82) is 0 Å². The zero-order valence-corrected chi connectivity index (χ0v) is 17.4. The first-order valence-corrected chi connectivity index (χ1v) is 10.1. The summed E-state index contributed by atoms with van der Waals surface area (Å²) in [6.45, 7) is 3.43. The molecule has 1 aliphatic rings. The van der Waals surface area contributed by atoms with E-state index in [1.54, 1.807) is 29.2 Å². The van der Waals surface area contributed by atoms with Gasteiger partial charge in [-0.15, -0.1) is 0 Å². The second-order valence-electron chi connectivity index (χ2n) is 6.83. The van der Waals surface area contributed by atoms with E-state index in [4.69, 9.17) is 21.1 Å². The van der Waals surface area contributed by atoms with Crippen molar-refractivity contribution in [2.45, 2.75) is 25.8 Å². The van der Waals surface area contributed by atoms with Crippen molar-refractivity contribution >= 4 is 23.4 Å². The summed E-state index contributed by atoms with van der Waals surface area (Å²) in [5.41, 5.74) is 1.10. The molecule has 6 nitrogen and oxygen atoms in total. The number of nitrogens with zero attached hydrogens (tertiary/aromatic N) is 1. The molecule has 2 aromatic carbocycles. The number of piperidine rings is 1. The van der Waals surface area contributed by atoms with E-state index in [1.165, 1.54) is 7.11 Å². The van der Waals surface area contributed by atoms with Gasteiger partial charge in [-0.2, -0.15) is 0 Å². The van der Waals surface area contributed by atoms with Crippen LogP contribution in [0.1, 0.15) is 40.5 Å². The molecule has 0 unspecified atom stereocenters. The third kappa shape index (κ3) is 5.01. The van der Waals surface area contributed by atoms with E-state index >= 15 is 0 Å². The van der Waals surface area contributed by atoms with Gasteiger partial charge in [-0.3, -0.25) is 9.59 Å². The van der Waals surface area contributed by atoms with Gasteiger partial charge < -0.3 is 19.7 Å². The second-order valence-corrected chi connectivity index (χ2v) is 7.24. The van der Waals surface area contributed by atoms with Gasteiger partial charge in [0.25, 0.3) is 11.8 Å². The molecule has 0 bridgehead atoms. The molecule has 2 aromatic rings. The van der Waals surface area contributed by atoms with E-state index in [0.29, 0.717) is 60.2 Å². The molecule has 0 spiro atoms. The molecule has 1 aliphatic heterocycles. The minimum absolute atomic E-state index is 0.0465. The van der Waals surface area contributed by atoms with Crippen molar-refractivity contribution in [2.75, 3.05) is 26.8 Å². The van der Waals surface area contributed by atoms with Crippen LogP contribution in [0.4, 0.5) is 0 Å². The lowest BCUT2D eigenvalue weighted by molar-refractivity contribution is 0.0697. The van der Waals surface area contributed by atoms with Crippen molar-refractivity contribution in [2.24, 2.45) is 0 Å². The molecule has 1 fully saturated rings. The number of nitrogens with one attached hydrogen (secondary N) is 1. The molecule has 29 heavy (non-hydrogen) atoms. The zero-order valence-electron chi connectivity index (χ0n) is 16.6. The van der Waals surface area contributed by atoms with Crippen LogP contribution in [0.5, 0.6) is 11.5 Å². The molecule has 1 heterocycles. The number of ether oxygens (including phenoxy) is 2. The Kier molecular flexibility index (Phi) is 6.99. The smallest absolute Gasteiger partial charge is 0.254 e. The van der Waals surface area contributed by atoms with E-state index in [2.05, 4.69) is 5.32 Å². The van der Waals surface area contributed by atoms with Crippen LogP contribution in [0.15, 0.2) is 42.5 Å². The fraction of sp³-hybridized carbons (Fsp3) is 0.364. The van der Waals surface area contributed by atoms with Gasteiger partial charge in [0.1, 0.15) is 0 Å². The van der Waals surface area contributed by atoms with Gasteiger partial charge in [0.15, 0.2) is 11.5 Å². The summed E-state index contributed by atoms with van der Waals surface area (Å²) in [6.07, 6.45) is 1.40. The molecule has 0 radical (unpaired) electrons. The standard InChI is InChI=1S/C22H25ClN2O4/c1-3-29-20-18(23)13-16(14-19(20)28-2)22(27)25-11-9-17(10-12-25)24-21(26)15-7-5-4-6-8-15/h4-8,13-14,17H,3,9-12H2,1-2H3,(H,24,26). The second kappa shape index (κ2) is 9.65. The number of amides is 2. The van der Waals surface area contributed by atoms with Crippen molar-refractivity contribution < 1.29 is 19.1 Å². The third-order valence-corrected chi connectivity index (χ3v) is 5.20. The average Bonchev–Trinajstić information content (AvgIpc) is 2.75.